The third-order valence-corrected chi connectivity index (χ3v) is 4.81. The van der Waals surface area contributed by atoms with Gasteiger partial charge in [0, 0.05) is 38.3 Å². The molecule has 1 aromatic heterocycles. The largest absolute Gasteiger partial charge is 0.357 e. The van der Waals surface area contributed by atoms with Crippen molar-refractivity contribution in [2.75, 3.05) is 19.6 Å². The van der Waals surface area contributed by atoms with E-state index in [1.165, 1.54) is 0 Å². The fraction of sp³-hybridized carbons (Fsp3) is 0.842. The van der Waals surface area contributed by atoms with Crippen LogP contribution in [0.15, 0.2) is 4.99 Å². The van der Waals surface area contributed by atoms with E-state index >= 15 is 0 Å². The minimum atomic E-state index is 0.186. The Balaban J connectivity index is 1.93. The lowest BCUT2D eigenvalue weighted by Crippen LogP contribution is -2.42. The van der Waals surface area contributed by atoms with Gasteiger partial charge in [0.1, 0.15) is 11.6 Å². The molecule has 148 valence electrons. The first-order valence-electron chi connectivity index (χ1n) is 10.1. The van der Waals surface area contributed by atoms with Gasteiger partial charge in [-0.3, -0.25) is 9.89 Å². The smallest absolute Gasteiger partial charge is 0.191 e. The van der Waals surface area contributed by atoms with Crippen molar-refractivity contribution in [3.8, 4) is 0 Å². The molecule has 1 unspecified atom stereocenters. The van der Waals surface area contributed by atoms with Crippen LogP contribution in [0.25, 0.3) is 0 Å². The maximum atomic E-state index is 4.79. The SMILES string of the molecule is CCNC(=NCCCN(C(C)C)C(C)C)NC1CCCn2nc(C)nc21. The number of hydrogen-bond donors (Lipinski definition) is 2. The zero-order valence-electron chi connectivity index (χ0n) is 17.4. The van der Waals surface area contributed by atoms with Crippen molar-refractivity contribution in [2.24, 2.45) is 4.99 Å². The summed E-state index contributed by atoms with van der Waals surface area (Å²) in [5, 5.41) is 11.4. The van der Waals surface area contributed by atoms with E-state index in [4.69, 9.17) is 4.99 Å². The van der Waals surface area contributed by atoms with Crippen LogP contribution < -0.4 is 10.6 Å². The standard InChI is InChI=1S/C19H37N7/c1-7-20-19(21-11-9-12-25(14(2)3)15(4)5)23-17-10-8-13-26-18(17)22-16(6)24-26/h14-15,17H,7-13H2,1-6H3,(H2,20,21,23). The lowest BCUT2D eigenvalue weighted by molar-refractivity contribution is 0.174. The number of aliphatic imine (C=N–C) groups is 1. The summed E-state index contributed by atoms with van der Waals surface area (Å²) in [5.74, 6) is 2.76. The predicted octanol–water partition coefficient (Wildman–Crippen LogP) is 2.49. The molecule has 1 aliphatic rings. The van der Waals surface area contributed by atoms with Crippen molar-refractivity contribution >= 4 is 5.96 Å². The van der Waals surface area contributed by atoms with Gasteiger partial charge in [0.15, 0.2) is 5.96 Å². The molecule has 0 aromatic carbocycles. The van der Waals surface area contributed by atoms with Crippen LogP contribution in [-0.4, -0.2) is 57.3 Å². The van der Waals surface area contributed by atoms with Gasteiger partial charge in [-0.1, -0.05) is 0 Å². The Hall–Kier alpha value is -1.63. The molecule has 2 N–H and O–H groups in total. The fourth-order valence-electron chi connectivity index (χ4n) is 3.65. The van der Waals surface area contributed by atoms with Crippen LogP contribution in [0.5, 0.6) is 0 Å². The number of rotatable bonds is 8. The highest BCUT2D eigenvalue weighted by molar-refractivity contribution is 5.80. The lowest BCUT2D eigenvalue weighted by atomic mass is 10.1. The van der Waals surface area contributed by atoms with Crippen molar-refractivity contribution in [1.82, 2.24) is 30.3 Å². The first kappa shape index (κ1) is 20.7. The average Bonchev–Trinajstić information content (AvgIpc) is 2.95. The fourth-order valence-corrected chi connectivity index (χ4v) is 3.65. The number of nitrogens with one attached hydrogen (secondary N) is 2. The molecule has 2 heterocycles. The van der Waals surface area contributed by atoms with E-state index in [0.717, 1.165) is 63.0 Å². The molecular formula is C19H37N7. The lowest BCUT2D eigenvalue weighted by Gasteiger charge is -2.30. The molecule has 0 saturated heterocycles. The molecule has 2 rings (SSSR count). The van der Waals surface area contributed by atoms with Crippen LogP contribution in [0.1, 0.15) is 71.6 Å². The number of aryl methyl sites for hydroxylation is 2. The van der Waals surface area contributed by atoms with E-state index in [-0.39, 0.29) is 6.04 Å². The summed E-state index contributed by atoms with van der Waals surface area (Å²) < 4.78 is 2.03. The number of aromatic nitrogens is 3. The van der Waals surface area contributed by atoms with Crippen LogP contribution in [0.4, 0.5) is 0 Å². The average molecular weight is 364 g/mol. The maximum absolute atomic E-state index is 4.79. The van der Waals surface area contributed by atoms with Crippen molar-refractivity contribution in [1.29, 1.82) is 0 Å². The minimum absolute atomic E-state index is 0.186. The molecule has 1 aliphatic heterocycles. The topological polar surface area (TPSA) is 70.4 Å². The Morgan fingerprint density at radius 2 is 2.04 bits per heavy atom. The summed E-state index contributed by atoms with van der Waals surface area (Å²) in [6.07, 6.45) is 3.24. The molecule has 0 saturated carbocycles. The Labute approximate surface area is 158 Å². The first-order valence-corrected chi connectivity index (χ1v) is 10.1. The van der Waals surface area contributed by atoms with Gasteiger partial charge < -0.3 is 10.6 Å². The highest BCUT2D eigenvalue weighted by Crippen LogP contribution is 2.22. The number of guanidine groups is 1. The van der Waals surface area contributed by atoms with E-state index in [9.17, 15) is 0 Å². The van der Waals surface area contributed by atoms with Crippen molar-refractivity contribution in [2.45, 2.75) is 85.5 Å². The number of nitrogens with zero attached hydrogens (tertiary/aromatic N) is 5. The zero-order chi connectivity index (χ0) is 19.1. The second-order valence-corrected chi connectivity index (χ2v) is 7.62. The summed E-state index contributed by atoms with van der Waals surface area (Å²) in [6.45, 7) is 16.8. The summed E-state index contributed by atoms with van der Waals surface area (Å²) >= 11 is 0. The second-order valence-electron chi connectivity index (χ2n) is 7.62. The molecule has 7 heteroatoms. The van der Waals surface area contributed by atoms with Crippen LogP contribution >= 0.6 is 0 Å². The Morgan fingerprint density at radius 1 is 1.31 bits per heavy atom. The van der Waals surface area contributed by atoms with E-state index in [1.54, 1.807) is 0 Å². The Morgan fingerprint density at radius 3 is 2.69 bits per heavy atom. The van der Waals surface area contributed by atoms with Crippen LogP contribution in [-0.2, 0) is 6.54 Å². The quantitative estimate of drug-likeness (QED) is 0.422. The van der Waals surface area contributed by atoms with Gasteiger partial charge in [0.05, 0.1) is 6.04 Å². The summed E-state index contributed by atoms with van der Waals surface area (Å²) in [4.78, 5) is 11.9. The van der Waals surface area contributed by atoms with Crippen molar-refractivity contribution < 1.29 is 0 Å². The zero-order valence-corrected chi connectivity index (χ0v) is 17.4. The van der Waals surface area contributed by atoms with Crippen LogP contribution in [0.3, 0.4) is 0 Å². The van der Waals surface area contributed by atoms with Crippen molar-refractivity contribution in [3.63, 3.8) is 0 Å². The van der Waals surface area contributed by atoms with Gasteiger partial charge in [-0.2, -0.15) is 5.10 Å². The van der Waals surface area contributed by atoms with E-state index in [1.807, 2.05) is 11.6 Å². The summed E-state index contributed by atoms with van der Waals surface area (Å²) in [7, 11) is 0. The molecular weight excluding hydrogens is 326 g/mol. The molecule has 1 atom stereocenters. The Bertz CT molecular complexity index is 568. The number of hydrogen-bond acceptors (Lipinski definition) is 4. The van der Waals surface area contributed by atoms with Crippen molar-refractivity contribution in [3.05, 3.63) is 11.6 Å². The van der Waals surface area contributed by atoms with Crippen LogP contribution in [0.2, 0.25) is 0 Å². The van der Waals surface area contributed by atoms with Crippen LogP contribution in [0, 0.1) is 6.92 Å². The molecule has 0 fully saturated rings. The normalized spacial score (nSPS) is 17.9. The third kappa shape index (κ3) is 5.69. The van der Waals surface area contributed by atoms with E-state index in [0.29, 0.717) is 12.1 Å². The molecule has 0 radical (unpaired) electrons. The molecule has 0 bridgehead atoms. The van der Waals surface area contributed by atoms with Gasteiger partial charge in [-0.25, -0.2) is 9.67 Å². The monoisotopic (exact) mass is 363 g/mol. The van der Waals surface area contributed by atoms with Gasteiger partial charge in [-0.15, -0.1) is 0 Å². The van der Waals surface area contributed by atoms with Gasteiger partial charge in [0.2, 0.25) is 0 Å². The molecule has 0 spiro atoms. The van der Waals surface area contributed by atoms with Gasteiger partial charge in [0.25, 0.3) is 0 Å². The molecule has 7 nitrogen and oxygen atoms in total. The maximum Gasteiger partial charge on any atom is 0.191 e. The van der Waals surface area contributed by atoms with E-state index < -0.39 is 0 Å². The molecule has 0 amide bonds. The second kappa shape index (κ2) is 9.90. The first-order chi connectivity index (χ1) is 12.4. The summed E-state index contributed by atoms with van der Waals surface area (Å²) in [6, 6.07) is 1.33. The van der Waals surface area contributed by atoms with Gasteiger partial charge in [-0.05, 0) is 60.8 Å². The summed E-state index contributed by atoms with van der Waals surface area (Å²) in [5.41, 5.74) is 0. The highest BCUT2D eigenvalue weighted by atomic mass is 15.4. The highest BCUT2D eigenvalue weighted by Gasteiger charge is 2.24. The molecule has 26 heavy (non-hydrogen) atoms. The number of fused-ring (bicyclic) bond motifs is 1. The van der Waals surface area contributed by atoms with E-state index in [2.05, 4.69) is 60.2 Å². The third-order valence-electron chi connectivity index (χ3n) is 4.81. The Kier molecular flexibility index (Phi) is 7.87. The molecule has 0 aliphatic carbocycles. The minimum Gasteiger partial charge on any atom is -0.357 e. The predicted molar refractivity (Wildman–Crippen MR) is 107 cm³/mol. The van der Waals surface area contributed by atoms with Gasteiger partial charge >= 0.3 is 0 Å². The molecule has 1 aromatic rings.